The van der Waals surface area contributed by atoms with Crippen LogP contribution in [0.15, 0.2) is 53.4 Å². The number of imide groups is 1. The molecule has 0 radical (unpaired) electrons. The quantitative estimate of drug-likeness (QED) is 0.825. The van der Waals surface area contributed by atoms with E-state index < -0.39 is 11.8 Å². The average molecular weight is 364 g/mol. The molecule has 130 valence electrons. The van der Waals surface area contributed by atoms with E-state index in [-0.39, 0.29) is 6.61 Å². The molecule has 26 heavy (non-hydrogen) atoms. The molecule has 0 fully saturated rings. The summed E-state index contributed by atoms with van der Waals surface area (Å²) in [5, 5.41) is 18.0. The number of carbonyl (C=O) groups is 2. The van der Waals surface area contributed by atoms with Gasteiger partial charge in [0, 0.05) is 5.75 Å². The van der Waals surface area contributed by atoms with E-state index in [0.29, 0.717) is 33.0 Å². The molecule has 1 N–H and O–H groups in total. The van der Waals surface area contributed by atoms with Crippen LogP contribution in [0.5, 0.6) is 0 Å². The first-order chi connectivity index (χ1) is 12.6. The zero-order chi connectivity index (χ0) is 18.7. The van der Waals surface area contributed by atoms with Gasteiger partial charge in [-0.3, -0.25) is 9.59 Å². The second kappa shape index (κ2) is 7.56. The molecule has 0 aromatic heterocycles. The molecule has 2 aromatic carbocycles. The monoisotopic (exact) mass is 364 g/mol. The van der Waals surface area contributed by atoms with Crippen molar-refractivity contribution >= 4 is 34.8 Å². The second-order valence-corrected chi connectivity index (χ2v) is 6.85. The van der Waals surface area contributed by atoms with Crippen LogP contribution < -0.4 is 4.90 Å². The molecular weight excluding hydrogens is 348 g/mol. The molecule has 0 bridgehead atoms. The van der Waals surface area contributed by atoms with Gasteiger partial charge in [0.1, 0.15) is 0 Å². The number of thioether (sulfide) groups is 1. The van der Waals surface area contributed by atoms with Crippen molar-refractivity contribution in [3.05, 3.63) is 70.1 Å². The fraction of sp³-hybridized carbons (Fsp3) is 0.150. The summed E-state index contributed by atoms with van der Waals surface area (Å²) in [4.78, 5) is 27.4. The number of anilines is 1. The van der Waals surface area contributed by atoms with Crippen LogP contribution >= 0.6 is 11.8 Å². The maximum atomic E-state index is 13.0. The van der Waals surface area contributed by atoms with Crippen molar-refractivity contribution in [3.8, 4) is 6.07 Å². The zero-order valence-electron chi connectivity index (χ0n) is 14.1. The summed E-state index contributed by atoms with van der Waals surface area (Å²) in [5.74, 6) is -0.483. The fourth-order valence-electron chi connectivity index (χ4n) is 2.69. The van der Waals surface area contributed by atoms with E-state index >= 15 is 0 Å². The van der Waals surface area contributed by atoms with Gasteiger partial charge in [0.05, 0.1) is 34.4 Å². The number of benzene rings is 2. The average Bonchev–Trinajstić information content (AvgIpc) is 2.91. The smallest absolute Gasteiger partial charge is 0.272 e. The van der Waals surface area contributed by atoms with Crippen molar-refractivity contribution in [2.75, 3.05) is 17.3 Å². The first kappa shape index (κ1) is 17.9. The predicted molar refractivity (Wildman–Crippen MR) is 101 cm³/mol. The van der Waals surface area contributed by atoms with E-state index in [0.717, 1.165) is 10.5 Å². The highest BCUT2D eigenvalue weighted by Gasteiger charge is 2.40. The topological polar surface area (TPSA) is 81.4 Å². The van der Waals surface area contributed by atoms with Gasteiger partial charge in [-0.2, -0.15) is 5.26 Å². The number of rotatable bonds is 5. The van der Waals surface area contributed by atoms with Gasteiger partial charge in [-0.1, -0.05) is 29.8 Å². The molecule has 0 saturated carbocycles. The molecule has 0 atom stereocenters. The standard InChI is InChI=1S/C20H16N2O3S/c1-13-2-6-15(7-3-13)17-18(26-11-10-23)20(25)22(19(17)24)16-8-4-14(12-21)5-9-16/h2-9,23H,10-11H2,1H3. The van der Waals surface area contributed by atoms with Crippen LogP contribution in [0.25, 0.3) is 5.57 Å². The third-order valence-electron chi connectivity index (χ3n) is 3.97. The highest BCUT2D eigenvalue weighted by Crippen LogP contribution is 2.38. The molecule has 6 heteroatoms. The summed E-state index contributed by atoms with van der Waals surface area (Å²) in [6.07, 6.45) is 0. The Kier molecular flexibility index (Phi) is 5.21. The lowest BCUT2D eigenvalue weighted by molar-refractivity contribution is -0.119. The van der Waals surface area contributed by atoms with Gasteiger partial charge in [-0.05, 0) is 36.8 Å². The second-order valence-electron chi connectivity index (χ2n) is 5.75. The van der Waals surface area contributed by atoms with Crippen molar-refractivity contribution in [2.45, 2.75) is 6.92 Å². The molecule has 5 nitrogen and oxygen atoms in total. The van der Waals surface area contributed by atoms with E-state index in [1.807, 2.05) is 37.3 Å². The SMILES string of the molecule is Cc1ccc(C2=C(SCCO)C(=O)N(c3ccc(C#N)cc3)C2=O)cc1. The molecule has 1 aliphatic rings. The lowest BCUT2D eigenvalue weighted by Gasteiger charge is -2.15. The van der Waals surface area contributed by atoms with Crippen molar-refractivity contribution in [3.63, 3.8) is 0 Å². The number of nitrogens with zero attached hydrogens (tertiary/aromatic N) is 2. The van der Waals surface area contributed by atoms with Crippen LogP contribution in [-0.4, -0.2) is 29.3 Å². The normalized spacial score (nSPS) is 14.1. The lowest BCUT2D eigenvalue weighted by Crippen LogP contribution is -2.31. The van der Waals surface area contributed by atoms with Gasteiger partial charge in [0.2, 0.25) is 0 Å². The molecule has 2 amide bonds. The van der Waals surface area contributed by atoms with E-state index in [2.05, 4.69) is 0 Å². The van der Waals surface area contributed by atoms with Crippen LogP contribution in [-0.2, 0) is 9.59 Å². The van der Waals surface area contributed by atoms with Gasteiger partial charge < -0.3 is 5.11 Å². The van der Waals surface area contributed by atoms with Gasteiger partial charge in [0.25, 0.3) is 11.8 Å². The molecule has 0 aliphatic carbocycles. The first-order valence-corrected chi connectivity index (χ1v) is 8.99. The van der Waals surface area contributed by atoms with Crippen LogP contribution in [0.2, 0.25) is 0 Å². The molecule has 0 saturated heterocycles. The van der Waals surface area contributed by atoms with Crippen molar-refractivity contribution in [2.24, 2.45) is 0 Å². The van der Waals surface area contributed by atoms with Gasteiger partial charge in [-0.15, -0.1) is 11.8 Å². The molecule has 2 aromatic rings. The molecule has 1 heterocycles. The third kappa shape index (κ3) is 3.27. The number of aliphatic hydroxyl groups is 1. The maximum absolute atomic E-state index is 13.0. The summed E-state index contributed by atoms with van der Waals surface area (Å²) in [6, 6.07) is 15.7. The van der Waals surface area contributed by atoms with Gasteiger partial charge in [-0.25, -0.2) is 4.90 Å². The lowest BCUT2D eigenvalue weighted by atomic mass is 10.0. The van der Waals surface area contributed by atoms with Crippen LogP contribution in [0, 0.1) is 18.3 Å². The number of carbonyl (C=O) groups excluding carboxylic acids is 2. The van der Waals surface area contributed by atoms with Crippen LogP contribution in [0.4, 0.5) is 5.69 Å². The highest BCUT2D eigenvalue weighted by molar-refractivity contribution is 8.04. The highest BCUT2D eigenvalue weighted by atomic mass is 32.2. The predicted octanol–water partition coefficient (Wildman–Crippen LogP) is 2.88. The molecule has 0 unspecified atom stereocenters. The summed E-state index contributed by atoms with van der Waals surface area (Å²) >= 11 is 1.17. The Labute approximate surface area is 155 Å². The number of hydrogen-bond donors (Lipinski definition) is 1. The van der Waals surface area contributed by atoms with Crippen LogP contribution in [0.1, 0.15) is 16.7 Å². The van der Waals surface area contributed by atoms with E-state index in [9.17, 15) is 9.59 Å². The van der Waals surface area contributed by atoms with E-state index in [1.165, 1.54) is 11.8 Å². The molecule has 0 spiro atoms. The summed E-state index contributed by atoms with van der Waals surface area (Å²) in [5.41, 5.74) is 2.95. The molecular formula is C20H16N2O3S. The zero-order valence-corrected chi connectivity index (χ0v) is 14.9. The summed E-state index contributed by atoms with van der Waals surface area (Å²) < 4.78 is 0. The Morgan fingerprint density at radius 1 is 1.04 bits per heavy atom. The van der Waals surface area contributed by atoms with E-state index in [1.54, 1.807) is 24.3 Å². The minimum Gasteiger partial charge on any atom is -0.396 e. The Hall–Kier alpha value is -2.88. The summed E-state index contributed by atoms with van der Waals surface area (Å²) in [7, 11) is 0. The van der Waals surface area contributed by atoms with Crippen molar-refractivity contribution in [1.29, 1.82) is 5.26 Å². The Bertz CT molecular complexity index is 925. The molecule has 1 aliphatic heterocycles. The van der Waals surface area contributed by atoms with Gasteiger partial charge in [0.15, 0.2) is 0 Å². The number of hydrogen-bond acceptors (Lipinski definition) is 5. The summed E-state index contributed by atoms with van der Waals surface area (Å²) in [6.45, 7) is 1.86. The Morgan fingerprint density at radius 3 is 2.27 bits per heavy atom. The first-order valence-electron chi connectivity index (χ1n) is 8.00. The fourth-order valence-corrected chi connectivity index (χ4v) is 3.55. The minimum absolute atomic E-state index is 0.0896. The van der Waals surface area contributed by atoms with Crippen molar-refractivity contribution in [1.82, 2.24) is 0 Å². The van der Waals surface area contributed by atoms with Gasteiger partial charge >= 0.3 is 0 Å². The Morgan fingerprint density at radius 2 is 1.69 bits per heavy atom. The number of aryl methyl sites for hydroxylation is 1. The Balaban J connectivity index is 2.04. The third-order valence-corrected chi connectivity index (χ3v) is 5.03. The minimum atomic E-state index is -0.409. The number of nitriles is 1. The van der Waals surface area contributed by atoms with E-state index in [4.69, 9.17) is 10.4 Å². The van der Waals surface area contributed by atoms with Crippen LogP contribution in [0.3, 0.4) is 0 Å². The number of aliphatic hydroxyl groups excluding tert-OH is 1. The largest absolute Gasteiger partial charge is 0.396 e. The van der Waals surface area contributed by atoms with Crippen molar-refractivity contribution < 1.29 is 14.7 Å². The number of amides is 2. The molecule has 3 rings (SSSR count). The maximum Gasteiger partial charge on any atom is 0.272 e.